The van der Waals surface area contributed by atoms with E-state index in [0.717, 1.165) is 34.6 Å². The van der Waals surface area contributed by atoms with Crippen LogP contribution in [0, 0.1) is 49.9 Å². The predicted molar refractivity (Wildman–Crippen MR) is 107 cm³/mol. The topological polar surface area (TPSA) is 64.9 Å². The summed E-state index contributed by atoms with van der Waals surface area (Å²) in [6, 6.07) is 6.19. The van der Waals surface area contributed by atoms with E-state index < -0.39 is 0 Å². The number of aryl methyl sites for hydroxylation is 3. The number of anilines is 1. The number of amides is 1. The standard InChI is InChI=1S/C23H29N3O/c1-14-4-15(2)21(16(3)5-14)26-22(27)20(12-24)13-25-23-9-17-6-18(10-23)8-19(7-17)11-23/h4-5,13,17-19,25H,6-11H2,1-3H3,(H,26,27)/b20-13-. The van der Waals surface area contributed by atoms with Gasteiger partial charge in [0.25, 0.3) is 5.91 Å². The number of nitriles is 1. The number of carbonyl (C=O) groups is 1. The van der Waals surface area contributed by atoms with Gasteiger partial charge in [-0.1, -0.05) is 17.7 Å². The van der Waals surface area contributed by atoms with Crippen LogP contribution in [0.5, 0.6) is 0 Å². The molecule has 0 aromatic heterocycles. The maximum atomic E-state index is 12.7. The summed E-state index contributed by atoms with van der Waals surface area (Å²) in [4.78, 5) is 12.7. The molecule has 0 saturated heterocycles. The van der Waals surface area contributed by atoms with E-state index in [1.165, 1.54) is 44.1 Å². The van der Waals surface area contributed by atoms with Crippen LogP contribution in [0.4, 0.5) is 5.69 Å². The van der Waals surface area contributed by atoms with E-state index in [9.17, 15) is 10.1 Å². The molecule has 27 heavy (non-hydrogen) atoms. The molecule has 1 amide bonds. The van der Waals surface area contributed by atoms with Gasteiger partial charge in [0.15, 0.2) is 0 Å². The summed E-state index contributed by atoms with van der Waals surface area (Å²) in [6.07, 6.45) is 9.37. The van der Waals surface area contributed by atoms with E-state index in [-0.39, 0.29) is 17.0 Å². The van der Waals surface area contributed by atoms with Gasteiger partial charge in [0.05, 0.1) is 0 Å². The lowest BCUT2D eigenvalue weighted by Gasteiger charge is -2.56. The molecule has 0 aliphatic heterocycles. The fourth-order valence-corrected chi connectivity index (χ4v) is 6.22. The van der Waals surface area contributed by atoms with E-state index in [2.05, 4.69) is 16.7 Å². The number of hydrogen-bond acceptors (Lipinski definition) is 3. The van der Waals surface area contributed by atoms with E-state index in [1.54, 1.807) is 6.20 Å². The highest BCUT2D eigenvalue weighted by atomic mass is 16.1. The van der Waals surface area contributed by atoms with Crippen LogP contribution in [-0.4, -0.2) is 11.4 Å². The van der Waals surface area contributed by atoms with Crippen LogP contribution >= 0.6 is 0 Å². The minimum Gasteiger partial charge on any atom is -0.384 e. The molecule has 0 unspecified atom stereocenters. The Hall–Kier alpha value is -2.28. The highest BCUT2D eigenvalue weighted by molar-refractivity contribution is 6.07. The number of rotatable bonds is 4. The number of carbonyl (C=O) groups excluding carboxylic acids is 1. The van der Waals surface area contributed by atoms with Gasteiger partial charge in [-0.3, -0.25) is 4.79 Å². The second kappa shape index (κ2) is 6.71. The fourth-order valence-electron chi connectivity index (χ4n) is 6.22. The Labute approximate surface area is 162 Å². The molecular weight excluding hydrogens is 334 g/mol. The number of nitrogens with zero attached hydrogens (tertiary/aromatic N) is 1. The van der Waals surface area contributed by atoms with Crippen molar-refractivity contribution in [3.63, 3.8) is 0 Å². The quantitative estimate of drug-likeness (QED) is 0.611. The van der Waals surface area contributed by atoms with Crippen molar-refractivity contribution >= 4 is 11.6 Å². The molecule has 5 rings (SSSR count). The van der Waals surface area contributed by atoms with Crippen LogP contribution in [0.25, 0.3) is 0 Å². The molecule has 1 aromatic carbocycles. The summed E-state index contributed by atoms with van der Waals surface area (Å²) in [5, 5.41) is 16.0. The zero-order chi connectivity index (χ0) is 19.2. The summed E-state index contributed by atoms with van der Waals surface area (Å²) in [5.41, 5.74) is 4.28. The van der Waals surface area contributed by atoms with E-state index >= 15 is 0 Å². The summed E-state index contributed by atoms with van der Waals surface area (Å²) in [6.45, 7) is 6.01. The van der Waals surface area contributed by atoms with Gasteiger partial charge in [0.2, 0.25) is 0 Å². The highest BCUT2D eigenvalue weighted by Gasteiger charge is 2.50. The molecule has 0 radical (unpaired) electrons. The molecule has 4 fully saturated rings. The van der Waals surface area contributed by atoms with Gasteiger partial charge in [0, 0.05) is 17.4 Å². The van der Waals surface area contributed by atoms with Crippen molar-refractivity contribution < 1.29 is 4.79 Å². The molecule has 0 heterocycles. The van der Waals surface area contributed by atoms with Crippen LogP contribution < -0.4 is 10.6 Å². The second-order valence-electron chi connectivity index (χ2n) is 9.24. The van der Waals surface area contributed by atoms with Crippen LogP contribution in [-0.2, 0) is 4.79 Å². The zero-order valence-electron chi connectivity index (χ0n) is 16.6. The van der Waals surface area contributed by atoms with Gasteiger partial charge in [-0.15, -0.1) is 0 Å². The van der Waals surface area contributed by atoms with Crippen LogP contribution in [0.15, 0.2) is 23.9 Å². The maximum absolute atomic E-state index is 12.7. The molecule has 4 aliphatic carbocycles. The fraction of sp³-hybridized carbons (Fsp3) is 0.565. The normalized spacial score (nSPS) is 31.5. The Morgan fingerprint density at radius 3 is 2.07 bits per heavy atom. The lowest BCUT2D eigenvalue weighted by molar-refractivity contribution is -0.112. The first-order valence-corrected chi connectivity index (χ1v) is 10.1. The lowest BCUT2D eigenvalue weighted by atomic mass is 9.53. The van der Waals surface area contributed by atoms with Gasteiger partial charge in [-0.25, -0.2) is 0 Å². The number of nitrogens with one attached hydrogen (secondary N) is 2. The maximum Gasteiger partial charge on any atom is 0.267 e. The Bertz CT molecular complexity index is 787. The van der Waals surface area contributed by atoms with Gasteiger partial charge in [0.1, 0.15) is 11.6 Å². The summed E-state index contributed by atoms with van der Waals surface area (Å²) >= 11 is 0. The first-order valence-electron chi connectivity index (χ1n) is 10.1. The van der Waals surface area contributed by atoms with E-state index in [1.807, 2.05) is 32.9 Å². The Morgan fingerprint density at radius 2 is 1.59 bits per heavy atom. The molecular formula is C23H29N3O. The minimum atomic E-state index is -0.329. The summed E-state index contributed by atoms with van der Waals surface area (Å²) in [5.74, 6) is 2.16. The van der Waals surface area contributed by atoms with E-state index in [0.29, 0.717) is 0 Å². The molecule has 142 valence electrons. The molecule has 1 aromatic rings. The van der Waals surface area contributed by atoms with Crippen molar-refractivity contribution in [2.45, 2.75) is 64.8 Å². The smallest absolute Gasteiger partial charge is 0.267 e. The van der Waals surface area contributed by atoms with Crippen molar-refractivity contribution in [3.05, 3.63) is 40.6 Å². The van der Waals surface area contributed by atoms with Crippen molar-refractivity contribution in [2.24, 2.45) is 17.8 Å². The number of benzene rings is 1. The minimum absolute atomic E-state index is 0.104. The number of hydrogen-bond donors (Lipinski definition) is 2. The summed E-state index contributed by atoms with van der Waals surface area (Å²) in [7, 11) is 0. The highest BCUT2D eigenvalue weighted by Crippen LogP contribution is 2.55. The van der Waals surface area contributed by atoms with Crippen molar-refractivity contribution in [1.29, 1.82) is 5.26 Å². The molecule has 4 bridgehead atoms. The lowest BCUT2D eigenvalue weighted by Crippen LogP contribution is -2.57. The molecule has 4 nitrogen and oxygen atoms in total. The Balaban J connectivity index is 1.49. The first-order chi connectivity index (χ1) is 12.9. The third kappa shape index (κ3) is 3.48. The van der Waals surface area contributed by atoms with Crippen molar-refractivity contribution in [2.75, 3.05) is 5.32 Å². The Kier molecular flexibility index (Phi) is 4.50. The average Bonchev–Trinajstić information content (AvgIpc) is 2.57. The third-order valence-electron chi connectivity index (χ3n) is 6.84. The molecule has 4 heteroatoms. The molecule has 4 aliphatic rings. The van der Waals surface area contributed by atoms with Crippen molar-refractivity contribution in [3.8, 4) is 6.07 Å². The second-order valence-corrected chi connectivity index (χ2v) is 9.24. The summed E-state index contributed by atoms with van der Waals surface area (Å²) < 4.78 is 0. The molecule has 2 N–H and O–H groups in total. The van der Waals surface area contributed by atoms with Gasteiger partial charge >= 0.3 is 0 Å². The van der Waals surface area contributed by atoms with Gasteiger partial charge in [-0.05, 0) is 88.2 Å². The van der Waals surface area contributed by atoms with Gasteiger partial charge < -0.3 is 10.6 Å². The first kappa shape index (κ1) is 18.1. The molecule has 0 atom stereocenters. The largest absolute Gasteiger partial charge is 0.384 e. The molecule has 0 spiro atoms. The van der Waals surface area contributed by atoms with E-state index in [4.69, 9.17) is 0 Å². The SMILES string of the molecule is Cc1cc(C)c(NC(=O)/C(C#N)=C\NC23CC4CC(CC(C4)C2)C3)c(C)c1. The van der Waals surface area contributed by atoms with Crippen LogP contribution in [0.2, 0.25) is 0 Å². The molecule has 4 saturated carbocycles. The zero-order valence-corrected chi connectivity index (χ0v) is 16.6. The monoisotopic (exact) mass is 363 g/mol. The Morgan fingerprint density at radius 1 is 1.07 bits per heavy atom. The predicted octanol–water partition coefficient (Wildman–Crippen LogP) is 4.52. The average molecular weight is 364 g/mol. The van der Waals surface area contributed by atoms with Crippen molar-refractivity contribution in [1.82, 2.24) is 5.32 Å². The van der Waals surface area contributed by atoms with Gasteiger partial charge in [-0.2, -0.15) is 5.26 Å². The van der Waals surface area contributed by atoms with Crippen LogP contribution in [0.1, 0.15) is 55.2 Å². The third-order valence-corrected chi connectivity index (χ3v) is 6.84. The van der Waals surface area contributed by atoms with Crippen LogP contribution in [0.3, 0.4) is 0 Å².